The van der Waals surface area contributed by atoms with E-state index in [1.54, 1.807) is 36.4 Å². The number of aromatic nitrogens is 2. The molecular weight excluding hydrogens is 393 g/mol. The molecule has 0 radical (unpaired) electrons. The highest BCUT2D eigenvalue weighted by molar-refractivity contribution is 7.14. The summed E-state index contributed by atoms with van der Waals surface area (Å²) in [4.78, 5) is 14.8. The first-order chi connectivity index (χ1) is 14.2. The zero-order valence-corrected chi connectivity index (χ0v) is 16.3. The van der Waals surface area contributed by atoms with Crippen molar-refractivity contribution in [1.82, 2.24) is 15.1 Å². The van der Waals surface area contributed by atoms with Gasteiger partial charge in [0.25, 0.3) is 5.91 Å². The van der Waals surface area contributed by atoms with Gasteiger partial charge in [-0.05, 0) is 43.2 Å². The van der Waals surface area contributed by atoms with Crippen molar-refractivity contribution >= 4 is 17.2 Å². The Labute approximate surface area is 170 Å². The van der Waals surface area contributed by atoms with Crippen LogP contribution in [-0.2, 0) is 0 Å². The zero-order chi connectivity index (χ0) is 19.8. The van der Waals surface area contributed by atoms with Gasteiger partial charge >= 0.3 is 0 Å². The van der Waals surface area contributed by atoms with E-state index in [2.05, 4.69) is 10.2 Å². The van der Waals surface area contributed by atoms with Gasteiger partial charge in [-0.15, -0.1) is 10.2 Å². The van der Waals surface area contributed by atoms with Gasteiger partial charge in [0.1, 0.15) is 10.8 Å². The monoisotopic (exact) mass is 411 g/mol. The highest BCUT2D eigenvalue weighted by Crippen LogP contribution is 2.35. The zero-order valence-electron chi connectivity index (χ0n) is 15.5. The van der Waals surface area contributed by atoms with Crippen molar-refractivity contribution in [2.24, 2.45) is 0 Å². The minimum Gasteiger partial charge on any atom is -0.454 e. The first kappa shape index (κ1) is 18.1. The summed E-state index contributed by atoms with van der Waals surface area (Å²) in [5.74, 6) is 1.01. The van der Waals surface area contributed by atoms with Gasteiger partial charge in [-0.25, -0.2) is 4.39 Å². The maximum Gasteiger partial charge on any atom is 0.254 e. The number of halogens is 1. The van der Waals surface area contributed by atoms with Crippen molar-refractivity contribution in [2.45, 2.75) is 18.8 Å². The van der Waals surface area contributed by atoms with E-state index in [4.69, 9.17) is 9.47 Å². The van der Waals surface area contributed by atoms with Gasteiger partial charge in [0.05, 0.1) is 0 Å². The molecule has 1 fully saturated rings. The second-order valence-electron chi connectivity index (χ2n) is 7.08. The van der Waals surface area contributed by atoms with Crippen molar-refractivity contribution in [3.8, 4) is 22.1 Å². The Kier molecular flexibility index (Phi) is 4.63. The third-order valence-electron chi connectivity index (χ3n) is 5.22. The van der Waals surface area contributed by atoms with Gasteiger partial charge < -0.3 is 14.4 Å². The van der Waals surface area contributed by atoms with Crippen molar-refractivity contribution in [1.29, 1.82) is 0 Å². The minimum absolute atomic E-state index is 0.0353. The van der Waals surface area contributed by atoms with Crippen LogP contribution in [0.5, 0.6) is 11.5 Å². The molecule has 2 aromatic carbocycles. The quantitative estimate of drug-likeness (QED) is 0.650. The van der Waals surface area contributed by atoms with E-state index in [1.807, 2.05) is 4.90 Å². The Balaban J connectivity index is 1.33. The summed E-state index contributed by atoms with van der Waals surface area (Å²) < 4.78 is 24.7. The van der Waals surface area contributed by atoms with Gasteiger partial charge in [-0.1, -0.05) is 23.5 Å². The number of ether oxygens (including phenoxy) is 2. The Morgan fingerprint density at radius 1 is 1.14 bits per heavy atom. The van der Waals surface area contributed by atoms with E-state index >= 15 is 0 Å². The summed E-state index contributed by atoms with van der Waals surface area (Å²) in [6.07, 6.45) is 1.81. The fourth-order valence-electron chi connectivity index (χ4n) is 3.72. The average Bonchev–Trinajstić information content (AvgIpc) is 3.43. The number of rotatable bonds is 3. The number of fused-ring (bicyclic) bond motifs is 1. The van der Waals surface area contributed by atoms with E-state index in [0.717, 1.165) is 17.8 Å². The molecule has 1 unspecified atom stereocenters. The molecule has 0 saturated carbocycles. The maximum absolute atomic E-state index is 14.0. The molecule has 2 aliphatic rings. The van der Waals surface area contributed by atoms with E-state index in [1.165, 1.54) is 17.4 Å². The molecule has 8 heteroatoms. The molecule has 0 bridgehead atoms. The van der Waals surface area contributed by atoms with Crippen LogP contribution >= 0.6 is 11.3 Å². The van der Waals surface area contributed by atoms with Gasteiger partial charge in [-0.3, -0.25) is 4.79 Å². The van der Waals surface area contributed by atoms with Crippen LogP contribution < -0.4 is 9.47 Å². The van der Waals surface area contributed by atoms with Crippen molar-refractivity contribution in [3.05, 3.63) is 58.9 Å². The van der Waals surface area contributed by atoms with Crippen LogP contribution in [0.1, 0.15) is 34.1 Å². The minimum atomic E-state index is -0.307. The molecule has 1 atom stereocenters. The molecule has 6 nitrogen and oxygen atoms in total. The van der Waals surface area contributed by atoms with E-state index < -0.39 is 0 Å². The lowest BCUT2D eigenvalue weighted by molar-refractivity contribution is 0.0706. The maximum atomic E-state index is 14.0. The molecule has 3 aromatic rings. The normalized spacial score (nSPS) is 18.1. The SMILES string of the molecule is O=C(c1ccc2c(c1)OCO2)N1CCCC(c2nnc(-c3ccccc3F)s2)C1. The largest absolute Gasteiger partial charge is 0.454 e. The summed E-state index contributed by atoms with van der Waals surface area (Å²) in [5.41, 5.74) is 1.04. The molecule has 0 spiro atoms. The molecule has 5 rings (SSSR count). The second-order valence-corrected chi connectivity index (χ2v) is 8.09. The second kappa shape index (κ2) is 7.44. The third kappa shape index (κ3) is 3.44. The standard InChI is InChI=1S/C21H18FN3O3S/c22-16-6-2-1-5-15(16)20-24-23-19(29-20)14-4-3-9-25(11-14)21(26)13-7-8-17-18(10-13)28-12-27-17/h1-2,5-8,10,14H,3-4,9,11-12H2. The summed E-state index contributed by atoms with van der Waals surface area (Å²) in [6.45, 7) is 1.45. The first-order valence-corrected chi connectivity index (χ1v) is 10.3. The number of piperidine rings is 1. The number of carbonyl (C=O) groups is 1. The molecule has 1 amide bonds. The fourth-order valence-corrected chi connectivity index (χ4v) is 4.71. The summed E-state index contributed by atoms with van der Waals surface area (Å²) in [5, 5.41) is 9.89. The molecule has 3 heterocycles. The average molecular weight is 411 g/mol. The molecule has 1 aromatic heterocycles. The topological polar surface area (TPSA) is 64.6 Å². The smallest absolute Gasteiger partial charge is 0.254 e. The number of carbonyl (C=O) groups excluding carboxylic acids is 1. The van der Waals surface area contributed by atoms with Gasteiger partial charge in [0.15, 0.2) is 16.5 Å². The van der Waals surface area contributed by atoms with Gasteiger partial charge in [0.2, 0.25) is 6.79 Å². The highest BCUT2D eigenvalue weighted by Gasteiger charge is 2.29. The molecule has 0 aliphatic carbocycles. The molecular formula is C21H18FN3O3S. The predicted molar refractivity (Wildman–Crippen MR) is 106 cm³/mol. The number of benzene rings is 2. The number of nitrogens with zero attached hydrogens (tertiary/aromatic N) is 3. The predicted octanol–water partition coefficient (Wildman–Crippen LogP) is 4.09. The van der Waals surface area contributed by atoms with Gasteiger partial charge in [-0.2, -0.15) is 0 Å². The molecule has 29 heavy (non-hydrogen) atoms. The van der Waals surface area contributed by atoms with E-state index in [0.29, 0.717) is 40.7 Å². The summed E-state index contributed by atoms with van der Waals surface area (Å²) >= 11 is 1.40. The molecule has 0 N–H and O–H groups in total. The van der Waals surface area contributed by atoms with E-state index in [-0.39, 0.29) is 24.4 Å². The summed E-state index contributed by atoms with van der Waals surface area (Å²) in [6, 6.07) is 11.8. The first-order valence-electron chi connectivity index (χ1n) is 9.46. The Bertz CT molecular complexity index is 1070. The lowest BCUT2D eigenvalue weighted by atomic mass is 9.98. The molecule has 1 saturated heterocycles. The molecule has 148 valence electrons. The lowest BCUT2D eigenvalue weighted by Gasteiger charge is -2.31. The fraction of sp³-hybridized carbons (Fsp3) is 0.286. The Hall–Kier alpha value is -3.00. The van der Waals surface area contributed by atoms with Crippen LogP contribution in [0.2, 0.25) is 0 Å². The third-order valence-corrected chi connectivity index (χ3v) is 6.34. The van der Waals surface area contributed by atoms with Crippen molar-refractivity contribution < 1.29 is 18.7 Å². The van der Waals surface area contributed by atoms with E-state index in [9.17, 15) is 9.18 Å². The van der Waals surface area contributed by atoms with Crippen LogP contribution in [0.15, 0.2) is 42.5 Å². The molecule has 2 aliphatic heterocycles. The van der Waals surface area contributed by atoms with Gasteiger partial charge in [0, 0.05) is 30.1 Å². The Morgan fingerprint density at radius 2 is 2.00 bits per heavy atom. The van der Waals surface area contributed by atoms with Crippen LogP contribution in [0.4, 0.5) is 4.39 Å². The lowest BCUT2D eigenvalue weighted by Crippen LogP contribution is -2.39. The summed E-state index contributed by atoms with van der Waals surface area (Å²) in [7, 11) is 0. The number of likely N-dealkylation sites (tertiary alicyclic amines) is 1. The van der Waals surface area contributed by atoms with Crippen LogP contribution in [0.3, 0.4) is 0 Å². The number of hydrogen-bond acceptors (Lipinski definition) is 6. The van der Waals surface area contributed by atoms with Crippen LogP contribution in [-0.4, -0.2) is 40.9 Å². The number of hydrogen-bond donors (Lipinski definition) is 0. The number of amides is 1. The van der Waals surface area contributed by atoms with Crippen LogP contribution in [0.25, 0.3) is 10.6 Å². The van der Waals surface area contributed by atoms with Crippen LogP contribution in [0, 0.1) is 5.82 Å². The Morgan fingerprint density at radius 3 is 2.90 bits per heavy atom. The highest BCUT2D eigenvalue weighted by atomic mass is 32.1. The van der Waals surface area contributed by atoms with Crippen molar-refractivity contribution in [3.63, 3.8) is 0 Å². The van der Waals surface area contributed by atoms with Crippen molar-refractivity contribution in [2.75, 3.05) is 19.9 Å².